The molecule has 0 radical (unpaired) electrons. The first-order valence-electron chi connectivity index (χ1n) is 9.10. The van der Waals surface area contributed by atoms with Gasteiger partial charge in [0.1, 0.15) is 12.4 Å². The summed E-state index contributed by atoms with van der Waals surface area (Å²) in [7, 11) is 0. The third-order valence-electron chi connectivity index (χ3n) is 4.26. The highest BCUT2D eigenvalue weighted by atomic mass is 16.5. The Hall–Kier alpha value is -3.38. The number of nitrogens with one attached hydrogen (secondary N) is 2. The first-order valence-corrected chi connectivity index (χ1v) is 9.10. The average Bonchev–Trinajstić information content (AvgIpc) is 2.73. The summed E-state index contributed by atoms with van der Waals surface area (Å²) in [6.45, 7) is 1.12. The van der Waals surface area contributed by atoms with Gasteiger partial charge in [0.15, 0.2) is 0 Å². The standard InChI is InChI=1S/C22H23N3O3/c23-15-18-13-19(7-8-21(18)24-10-4-12-26)25-11-9-20(14-22(25)27)28-16-17-5-2-1-3-6-17/h1-3,5-9,11,13-15,23-24,26H,4,10,12,16H2. The number of aliphatic hydroxyl groups excluding tert-OH is 1. The van der Waals surface area contributed by atoms with Crippen LogP contribution >= 0.6 is 0 Å². The largest absolute Gasteiger partial charge is 0.489 e. The lowest BCUT2D eigenvalue weighted by atomic mass is 10.1. The molecule has 0 saturated carbocycles. The Morgan fingerprint density at radius 2 is 1.93 bits per heavy atom. The molecule has 1 aromatic heterocycles. The highest BCUT2D eigenvalue weighted by Gasteiger charge is 2.06. The van der Waals surface area contributed by atoms with Crippen LogP contribution in [0.4, 0.5) is 5.69 Å². The maximum absolute atomic E-state index is 12.5. The number of anilines is 1. The van der Waals surface area contributed by atoms with Crippen molar-refractivity contribution in [3.05, 3.63) is 88.3 Å². The van der Waals surface area contributed by atoms with Crippen LogP contribution < -0.4 is 15.6 Å². The number of nitrogens with zero attached hydrogens (tertiary/aromatic N) is 1. The first kappa shape index (κ1) is 19.4. The minimum atomic E-state index is -0.206. The Morgan fingerprint density at radius 1 is 1.11 bits per heavy atom. The van der Waals surface area contributed by atoms with E-state index >= 15 is 0 Å². The fraction of sp³-hybridized carbons (Fsp3) is 0.182. The van der Waals surface area contributed by atoms with Crippen molar-refractivity contribution < 1.29 is 9.84 Å². The van der Waals surface area contributed by atoms with Crippen molar-refractivity contribution in [2.75, 3.05) is 18.5 Å². The van der Waals surface area contributed by atoms with Gasteiger partial charge >= 0.3 is 0 Å². The molecule has 0 bridgehead atoms. The maximum Gasteiger partial charge on any atom is 0.258 e. The van der Waals surface area contributed by atoms with Crippen LogP contribution in [0, 0.1) is 5.41 Å². The van der Waals surface area contributed by atoms with Gasteiger partial charge in [0.2, 0.25) is 0 Å². The number of rotatable bonds is 9. The summed E-state index contributed by atoms with van der Waals surface area (Å²) in [5.41, 5.74) is 2.97. The van der Waals surface area contributed by atoms with Crippen molar-refractivity contribution in [2.45, 2.75) is 13.0 Å². The summed E-state index contributed by atoms with van der Waals surface area (Å²) < 4.78 is 7.22. The molecule has 0 atom stereocenters. The van der Waals surface area contributed by atoms with Gasteiger partial charge < -0.3 is 20.6 Å². The highest BCUT2D eigenvalue weighted by molar-refractivity contribution is 5.86. The molecule has 6 nitrogen and oxygen atoms in total. The van der Waals surface area contributed by atoms with Crippen molar-refractivity contribution in [2.24, 2.45) is 0 Å². The molecule has 3 rings (SSSR count). The Balaban J connectivity index is 1.76. The monoisotopic (exact) mass is 377 g/mol. The molecule has 0 fully saturated rings. The smallest absolute Gasteiger partial charge is 0.258 e. The van der Waals surface area contributed by atoms with E-state index in [4.69, 9.17) is 15.3 Å². The molecule has 0 saturated heterocycles. The maximum atomic E-state index is 12.5. The molecule has 1 heterocycles. The van der Waals surface area contributed by atoms with Crippen LogP contribution in [0.25, 0.3) is 5.69 Å². The van der Waals surface area contributed by atoms with Crippen molar-refractivity contribution >= 4 is 11.9 Å². The molecule has 0 aliphatic rings. The van der Waals surface area contributed by atoms with Crippen molar-refractivity contribution in [1.82, 2.24) is 4.57 Å². The summed E-state index contributed by atoms with van der Waals surface area (Å²) >= 11 is 0. The second-order valence-corrected chi connectivity index (χ2v) is 6.26. The van der Waals surface area contributed by atoms with E-state index in [9.17, 15) is 4.79 Å². The Bertz CT molecular complexity index is 984. The van der Waals surface area contributed by atoms with E-state index in [1.807, 2.05) is 42.5 Å². The van der Waals surface area contributed by atoms with E-state index in [0.717, 1.165) is 11.3 Å². The number of pyridine rings is 1. The van der Waals surface area contributed by atoms with Crippen LogP contribution in [0.5, 0.6) is 5.75 Å². The van der Waals surface area contributed by atoms with Crippen molar-refractivity contribution in [3.8, 4) is 11.4 Å². The lowest BCUT2D eigenvalue weighted by Gasteiger charge is -2.13. The van der Waals surface area contributed by atoms with Gasteiger partial charge in [-0.2, -0.15) is 0 Å². The third-order valence-corrected chi connectivity index (χ3v) is 4.26. The summed E-state index contributed by atoms with van der Waals surface area (Å²) in [5, 5.41) is 19.7. The SMILES string of the molecule is N=Cc1cc(-n2ccc(OCc3ccccc3)cc2=O)ccc1NCCCO. The zero-order valence-electron chi connectivity index (χ0n) is 15.5. The number of aliphatic hydroxyl groups is 1. The van der Waals surface area contributed by atoms with Gasteiger partial charge in [-0.1, -0.05) is 30.3 Å². The number of hydrogen-bond acceptors (Lipinski definition) is 5. The lowest BCUT2D eigenvalue weighted by molar-refractivity contribution is 0.292. The molecule has 0 amide bonds. The lowest BCUT2D eigenvalue weighted by Crippen LogP contribution is -2.17. The number of ether oxygens (including phenoxy) is 1. The molecule has 3 N–H and O–H groups in total. The second kappa shape index (κ2) is 9.53. The fourth-order valence-corrected chi connectivity index (χ4v) is 2.79. The summed E-state index contributed by atoms with van der Waals surface area (Å²) in [6.07, 6.45) is 3.54. The molecule has 28 heavy (non-hydrogen) atoms. The van der Waals surface area contributed by atoms with Crippen LogP contribution in [0.15, 0.2) is 71.7 Å². The van der Waals surface area contributed by atoms with E-state index in [0.29, 0.717) is 36.6 Å². The van der Waals surface area contributed by atoms with Crippen LogP contribution in [-0.4, -0.2) is 29.0 Å². The molecule has 3 aromatic rings. The minimum absolute atomic E-state index is 0.110. The van der Waals surface area contributed by atoms with Crippen molar-refractivity contribution in [3.63, 3.8) is 0 Å². The van der Waals surface area contributed by atoms with Gasteiger partial charge in [-0.05, 0) is 36.2 Å². The van der Waals surface area contributed by atoms with Gasteiger partial charge in [0.25, 0.3) is 5.56 Å². The zero-order chi connectivity index (χ0) is 19.8. The topological polar surface area (TPSA) is 87.3 Å². The van der Waals surface area contributed by atoms with E-state index in [-0.39, 0.29) is 12.2 Å². The minimum Gasteiger partial charge on any atom is -0.489 e. The predicted molar refractivity (Wildman–Crippen MR) is 111 cm³/mol. The Kier molecular flexibility index (Phi) is 6.59. The summed E-state index contributed by atoms with van der Waals surface area (Å²) in [6, 6.07) is 18.4. The molecule has 0 unspecified atom stereocenters. The molecule has 0 aliphatic heterocycles. The average molecular weight is 377 g/mol. The normalized spacial score (nSPS) is 10.5. The molecule has 0 spiro atoms. The fourth-order valence-electron chi connectivity index (χ4n) is 2.79. The summed E-state index contributed by atoms with van der Waals surface area (Å²) in [4.78, 5) is 12.5. The highest BCUT2D eigenvalue weighted by Crippen LogP contribution is 2.19. The molecule has 0 aliphatic carbocycles. The second-order valence-electron chi connectivity index (χ2n) is 6.26. The zero-order valence-corrected chi connectivity index (χ0v) is 15.5. The quantitative estimate of drug-likeness (QED) is 0.395. The Morgan fingerprint density at radius 3 is 2.64 bits per heavy atom. The molecule has 2 aromatic carbocycles. The van der Waals surface area contributed by atoms with Gasteiger partial charge in [-0.3, -0.25) is 9.36 Å². The van der Waals surface area contributed by atoms with Crippen LogP contribution in [0.3, 0.4) is 0 Å². The molecule has 6 heteroatoms. The number of aromatic nitrogens is 1. The van der Waals surface area contributed by atoms with Gasteiger partial charge in [0.05, 0.1) is 0 Å². The molecule has 144 valence electrons. The van der Waals surface area contributed by atoms with Crippen LogP contribution in [0.2, 0.25) is 0 Å². The molecular weight excluding hydrogens is 354 g/mol. The Labute approximate surface area is 163 Å². The van der Waals surface area contributed by atoms with Gasteiger partial charge in [0, 0.05) is 48.6 Å². The van der Waals surface area contributed by atoms with Gasteiger partial charge in [-0.25, -0.2) is 0 Å². The van der Waals surface area contributed by atoms with Crippen LogP contribution in [0.1, 0.15) is 17.5 Å². The summed E-state index contributed by atoms with van der Waals surface area (Å²) in [5.74, 6) is 0.514. The van der Waals surface area contributed by atoms with E-state index in [2.05, 4.69) is 5.32 Å². The predicted octanol–water partition coefficient (Wildman–Crippen LogP) is 3.21. The first-order chi connectivity index (χ1) is 13.7. The van der Waals surface area contributed by atoms with E-state index in [1.54, 1.807) is 18.3 Å². The molecular formula is C22H23N3O3. The third kappa shape index (κ3) is 4.86. The van der Waals surface area contributed by atoms with Crippen LogP contribution in [-0.2, 0) is 6.61 Å². The van der Waals surface area contributed by atoms with E-state index in [1.165, 1.54) is 16.8 Å². The number of benzene rings is 2. The number of hydrogen-bond donors (Lipinski definition) is 3. The van der Waals surface area contributed by atoms with E-state index < -0.39 is 0 Å². The van der Waals surface area contributed by atoms with Crippen molar-refractivity contribution in [1.29, 1.82) is 5.41 Å². The van der Waals surface area contributed by atoms with Gasteiger partial charge in [-0.15, -0.1) is 0 Å².